The van der Waals surface area contributed by atoms with E-state index in [-0.39, 0.29) is 30.9 Å². The number of amides is 2. The third-order valence-electron chi connectivity index (χ3n) is 4.20. The predicted molar refractivity (Wildman–Crippen MR) is 120 cm³/mol. The molecule has 7 heteroatoms. The fourth-order valence-corrected chi connectivity index (χ4v) is 3.59. The zero-order valence-electron chi connectivity index (χ0n) is 17.1. The van der Waals surface area contributed by atoms with Crippen molar-refractivity contribution in [1.82, 2.24) is 9.88 Å². The summed E-state index contributed by atoms with van der Waals surface area (Å²) in [7, 11) is 0. The fourth-order valence-electron chi connectivity index (χ4n) is 2.85. The van der Waals surface area contributed by atoms with E-state index in [1.54, 1.807) is 12.1 Å². The number of carbonyl (C=O) groups excluding carboxylic acids is 2. The van der Waals surface area contributed by atoms with Gasteiger partial charge in [0.2, 0.25) is 5.91 Å². The van der Waals surface area contributed by atoms with Crippen LogP contribution in [0.15, 0.2) is 66.0 Å². The van der Waals surface area contributed by atoms with Crippen LogP contribution in [0.4, 0.5) is 5.13 Å². The van der Waals surface area contributed by atoms with Crippen LogP contribution in [0.2, 0.25) is 0 Å². The van der Waals surface area contributed by atoms with Gasteiger partial charge in [0, 0.05) is 17.5 Å². The van der Waals surface area contributed by atoms with E-state index < -0.39 is 0 Å². The van der Waals surface area contributed by atoms with Crippen molar-refractivity contribution in [2.24, 2.45) is 5.92 Å². The number of benzene rings is 2. The number of nitrogens with one attached hydrogen (secondary N) is 1. The van der Waals surface area contributed by atoms with Gasteiger partial charge in [-0.05, 0) is 18.1 Å². The number of nitrogens with zero attached hydrogens (tertiary/aromatic N) is 2. The predicted octanol–water partition coefficient (Wildman–Crippen LogP) is 4.31. The normalized spacial score (nSPS) is 10.6. The van der Waals surface area contributed by atoms with Gasteiger partial charge in [-0.3, -0.25) is 9.59 Å². The van der Waals surface area contributed by atoms with Crippen LogP contribution in [0.1, 0.15) is 13.8 Å². The van der Waals surface area contributed by atoms with Crippen LogP contribution in [-0.4, -0.2) is 41.4 Å². The maximum Gasteiger partial charge on any atom is 0.260 e. The van der Waals surface area contributed by atoms with Crippen molar-refractivity contribution >= 4 is 28.3 Å². The van der Waals surface area contributed by atoms with Crippen molar-refractivity contribution < 1.29 is 14.3 Å². The Kier molecular flexibility index (Phi) is 7.57. The first kappa shape index (κ1) is 21.5. The van der Waals surface area contributed by atoms with Gasteiger partial charge in [-0.2, -0.15) is 0 Å². The lowest BCUT2D eigenvalue weighted by Gasteiger charge is -2.24. The summed E-state index contributed by atoms with van der Waals surface area (Å²) in [5.41, 5.74) is 1.80. The molecule has 0 saturated heterocycles. The molecule has 0 saturated carbocycles. The first-order valence-corrected chi connectivity index (χ1v) is 10.7. The van der Waals surface area contributed by atoms with Gasteiger partial charge in [0.25, 0.3) is 5.91 Å². The Bertz CT molecular complexity index is 958. The van der Waals surface area contributed by atoms with Crippen LogP contribution >= 0.6 is 11.3 Å². The van der Waals surface area contributed by atoms with E-state index in [0.717, 1.165) is 11.3 Å². The molecule has 0 atom stereocenters. The minimum atomic E-state index is -0.280. The summed E-state index contributed by atoms with van der Waals surface area (Å²) in [5.74, 6) is 0.337. The smallest absolute Gasteiger partial charge is 0.260 e. The number of para-hydroxylation sites is 1. The van der Waals surface area contributed by atoms with E-state index in [0.29, 0.717) is 17.4 Å². The zero-order valence-corrected chi connectivity index (χ0v) is 17.9. The summed E-state index contributed by atoms with van der Waals surface area (Å²) in [6.07, 6.45) is 0. The highest BCUT2D eigenvalue weighted by molar-refractivity contribution is 7.14. The second kappa shape index (κ2) is 10.5. The molecule has 1 N–H and O–H groups in total. The van der Waals surface area contributed by atoms with Gasteiger partial charge in [-0.25, -0.2) is 4.98 Å². The Morgan fingerprint density at radius 1 is 1.07 bits per heavy atom. The largest absolute Gasteiger partial charge is 0.484 e. The number of hydrogen-bond acceptors (Lipinski definition) is 5. The third-order valence-corrected chi connectivity index (χ3v) is 4.96. The highest BCUT2D eigenvalue weighted by atomic mass is 32.1. The van der Waals surface area contributed by atoms with E-state index in [9.17, 15) is 9.59 Å². The minimum Gasteiger partial charge on any atom is -0.484 e. The van der Waals surface area contributed by atoms with Crippen LogP contribution in [0.3, 0.4) is 0 Å². The van der Waals surface area contributed by atoms with Gasteiger partial charge < -0.3 is 15.0 Å². The van der Waals surface area contributed by atoms with Gasteiger partial charge in [0.1, 0.15) is 12.3 Å². The molecule has 0 radical (unpaired) electrons. The van der Waals surface area contributed by atoms with E-state index >= 15 is 0 Å². The lowest BCUT2D eigenvalue weighted by atomic mass is 10.2. The maximum absolute atomic E-state index is 12.6. The molecule has 2 aromatic carbocycles. The van der Waals surface area contributed by atoms with Gasteiger partial charge in [0.15, 0.2) is 11.7 Å². The number of anilines is 1. The van der Waals surface area contributed by atoms with Crippen molar-refractivity contribution in [3.63, 3.8) is 0 Å². The molecule has 0 fully saturated rings. The molecule has 0 unspecified atom stereocenters. The van der Waals surface area contributed by atoms with Gasteiger partial charge in [0.05, 0.1) is 5.69 Å². The molecule has 0 aliphatic rings. The monoisotopic (exact) mass is 423 g/mol. The quantitative estimate of drug-likeness (QED) is 0.557. The molecule has 0 aliphatic carbocycles. The van der Waals surface area contributed by atoms with Gasteiger partial charge >= 0.3 is 0 Å². The van der Waals surface area contributed by atoms with Crippen LogP contribution in [0.5, 0.6) is 5.75 Å². The average molecular weight is 424 g/mol. The molecular formula is C23H25N3O3S. The Labute approximate surface area is 180 Å². The molecule has 156 valence electrons. The van der Waals surface area contributed by atoms with E-state index in [4.69, 9.17) is 4.74 Å². The highest BCUT2D eigenvalue weighted by Crippen LogP contribution is 2.24. The van der Waals surface area contributed by atoms with Crippen molar-refractivity contribution in [2.75, 3.05) is 25.0 Å². The Hall–Kier alpha value is -3.19. The SMILES string of the molecule is CC(C)CN(CC(=O)Nc1nc(-c2ccccc2)cs1)C(=O)COc1ccccc1. The summed E-state index contributed by atoms with van der Waals surface area (Å²) in [4.78, 5) is 31.2. The Morgan fingerprint density at radius 3 is 2.40 bits per heavy atom. The third kappa shape index (κ3) is 6.42. The Morgan fingerprint density at radius 2 is 1.73 bits per heavy atom. The topological polar surface area (TPSA) is 71.5 Å². The van der Waals surface area contributed by atoms with Crippen molar-refractivity contribution in [3.05, 3.63) is 66.0 Å². The first-order chi connectivity index (χ1) is 14.5. The van der Waals surface area contributed by atoms with Crippen LogP contribution in [-0.2, 0) is 9.59 Å². The van der Waals surface area contributed by atoms with Crippen molar-refractivity contribution in [3.8, 4) is 17.0 Å². The van der Waals surface area contributed by atoms with Crippen LogP contribution < -0.4 is 10.1 Å². The van der Waals surface area contributed by atoms with Crippen molar-refractivity contribution in [2.45, 2.75) is 13.8 Å². The number of carbonyl (C=O) groups is 2. The summed E-state index contributed by atoms with van der Waals surface area (Å²) in [6, 6.07) is 18.9. The minimum absolute atomic E-state index is 0.0462. The van der Waals surface area contributed by atoms with E-state index in [2.05, 4.69) is 10.3 Å². The van der Waals surface area contributed by atoms with Gasteiger partial charge in [-0.1, -0.05) is 62.4 Å². The first-order valence-electron chi connectivity index (χ1n) is 9.77. The standard InChI is InChI=1S/C23H25N3O3S/c1-17(2)13-26(22(28)15-29-19-11-7-4-8-12-19)14-21(27)25-23-24-20(16-30-23)18-9-5-3-6-10-18/h3-12,16-17H,13-15H2,1-2H3,(H,24,25,27). The molecule has 3 rings (SSSR count). The summed E-state index contributed by atoms with van der Waals surface area (Å²) in [6.45, 7) is 4.32. The number of thiazole rings is 1. The summed E-state index contributed by atoms with van der Waals surface area (Å²) in [5, 5.41) is 5.21. The Balaban J connectivity index is 1.58. The molecule has 1 heterocycles. The lowest BCUT2D eigenvalue weighted by Crippen LogP contribution is -2.42. The van der Waals surface area contributed by atoms with Crippen LogP contribution in [0.25, 0.3) is 11.3 Å². The summed E-state index contributed by atoms with van der Waals surface area (Å²) >= 11 is 1.36. The highest BCUT2D eigenvalue weighted by Gasteiger charge is 2.20. The van der Waals surface area contributed by atoms with Gasteiger partial charge in [-0.15, -0.1) is 11.3 Å². The molecule has 6 nitrogen and oxygen atoms in total. The molecular weight excluding hydrogens is 398 g/mol. The molecule has 30 heavy (non-hydrogen) atoms. The zero-order chi connectivity index (χ0) is 21.3. The number of rotatable bonds is 9. The molecule has 1 aromatic heterocycles. The molecule has 0 aliphatic heterocycles. The number of aromatic nitrogens is 1. The fraction of sp³-hybridized carbons (Fsp3) is 0.261. The maximum atomic E-state index is 12.6. The second-order valence-electron chi connectivity index (χ2n) is 7.22. The molecule has 0 spiro atoms. The molecule has 2 amide bonds. The lowest BCUT2D eigenvalue weighted by molar-refractivity contribution is -0.137. The second-order valence-corrected chi connectivity index (χ2v) is 8.08. The summed E-state index contributed by atoms with van der Waals surface area (Å²) < 4.78 is 5.55. The molecule has 0 bridgehead atoms. The van der Waals surface area contributed by atoms with Crippen LogP contribution in [0, 0.1) is 5.92 Å². The average Bonchev–Trinajstić information content (AvgIpc) is 3.21. The number of hydrogen-bond donors (Lipinski definition) is 1. The van der Waals surface area contributed by atoms with E-state index in [1.165, 1.54) is 16.2 Å². The van der Waals surface area contributed by atoms with Crippen molar-refractivity contribution in [1.29, 1.82) is 0 Å². The number of ether oxygens (including phenoxy) is 1. The molecule has 3 aromatic rings. The van der Waals surface area contributed by atoms with E-state index in [1.807, 2.05) is 67.8 Å².